The molecule has 10 heteroatoms. The number of aryl methyl sites for hydroxylation is 1. The summed E-state index contributed by atoms with van der Waals surface area (Å²) in [5, 5.41) is 9.38. The number of thiol groups is 1. The largest absolute Gasteiger partial charge is 0.288 e. The van der Waals surface area contributed by atoms with Crippen LogP contribution in [0.3, 0.4) is 0 Å². The smallest absolute Gasteiger partial charge is 0.201 e. The average molecular weight is 433 g/mol. The number of aromatic nitrogens is 1. The molecular weight excluding hydrogens is 419 g/mol. The SMILES string of the molecule is N#Cc1cnc2ccc(C(=O)c3c(F)c(F)cc(CCCN[SH](=O)=O)c3F)cc2c1. The number of carbonyl (C=O) groups excluding carboxylic acids is 1. The number of hydrogen-bond acceptors (Lipinski definition) is 5. The second-order valence-corrected chi connectivity index (χ2v) is 7.19. The van der Waals surface area contributed by atoms with Crippen LogP contribution in [0.4, 0.5) is 13.2 Å². The van der Waals surface area contributed by atoms with Gasteiger partial charge in [0.15, 0.2) is 17.4 Å². The number of carbonyl (C=O) groups is 1. The summed E-state index contributed by atoms with van der Waals surface area (Å²) in [6.45, 7) is -0.0146. The minimum Gasteiger partial charge on any atom is -0.288 e. The minimum absolute atomic E-state index is 0.0146. The Morgan fingerprint density at radius 3 is 2.60 bits per heavy atom. The van der Waals surface area contributed by atoms with E-state index in [-0.39, 0.29) is 36.1 Å². The van der Waals surface area contributed by atoms with E-state index in [0.29, 0.717) is 17.0 Å². The van der Waals surface area contributed by atoms with E-state index in [2.05, 4.69) is 9.71 Å². The second-order valence-electron chi connectivity index (χ2n) is 6.36. The van der Waals surface area contributed by atoms with Crippen molar-refractivity contribution >= 4 is 27.6 Å². The number of rotatable bonds is 7. The highest BCUT2D eigenvalue weighted by Crippen LogP contribution is 2.25. The Labute approximate surface area is 171 Å². The highest BCUT2D eigenvalue weighted by atomic mass is 32.2. The number of pyridine rings is 1. The number of fused-ring (bicyclic) bond motifs is 1. The van der Waals surface area contributed by atoms with Gasteiger partial charge in [-0.25, -0.2) is 26.3 Å². The maximum absolute atomic E-state index is 14.8. The van der Waals surface area contributed by atoms with Crippen LogP contribution >= 0.6 is 0 Å². The topological polar surface area (TPSA) is 99.9 Å². The van der Waals surface area contributed by atoms with Gasteiger partial charge in [-0.1, -0.05) is 0 Å². The summed E-state index contributed by atoms with van der Waals surface area (Å²) in [7, 11) is -2.82. The van der Waals surface area contributed by atoms with Crippen molar-refractivity contribution in [3.8, 4) is 6.07 Å². The van der Waals surface area contributed by atoms with Gasteiger partial charge in [0, 0.05) is 23.7 Å². The maximum Gasteiger partial charge on any atom is 0.201 e. The van der Waals surface area contributed by atoms with E-state index in [0.717, 1.165) is 0 Å². The molecule has 0 spiro atoms. The van der Waals surface area contributed by atoms with Crippen molar-refractivity contribution in [3.05, 3.63) is 76.2 Å². The monoisotopic (exact) mass is 433 g/mol. The van der Waals surface area contributed by atoms with Gasteiger partial charge in [0.25, 0.3) is 0 Å². The molecule has 154 valence electrons. The van der Waals surface area contributed by atoms with Crippen molar-refractivity contribution < 1.29 is 26.4 Å². The molecule has 0 aliphatic rings. The van der Waals surface area contributed by atoms with Crippen LogP contribution in [0.5, 0.6) is 0 Å². The van der Waals surface area contributed by atoms with Crippen LogP contribution in [-0.2, 0) is 17.3 Å². The number of ketones is 1. The molecule has 3 rings (SSSR count). The zero-order chi connectivity index (χ0) is 21.8. The zero-order valence-corrected chi connectivity index (χ0v) is 16.2. The van der Waals surface area contributed by atoms with Crippen molar-refractivity contribution in [3.63, 3.8) is 0 Å². The Kier molecular flexibility index (Phi) is 6.44. The van der Waals surface area contributed by atoms with Crippen molar-refractivity contribution in [2.45, 2.75) is 12.8 Å². The third-order valence-electron chi connectivity index (χ3n) is 4.39. The van der Waals surface area contributed by atoms with Crippen LogP contribution in [-0.4, -0.2) is 25.7 Å². The van der Waals surface area contributed by atoms with Crippen LogP contribution in [0, 0.1) is 28.8 Å². The molecule has 0 bridgehead atoms. The zero-order valence-electron chi connectivity index (χ0n) is 15.3. The fraction of sp³-hybridized carbons (Fsp3) is 0.150. The van der Waals surface area contributed by atoms with Crippen molar-refractivity contribution in [1.82, 2.24) is 9.71 Å². The number of benzene rings is 2. The number of hydrogen-bond donors (Lipinski definition) is 2. The molecule has 2 aromatic carbocycles. The number of halogens is 3. The number of nitrogens with one attached hydrogen (secondary N) is 1. The van der Waals surface area contributed by atoms with E-state index in [1.165, 1.54) is 30.5 Å². The average Bonchev–Trinajstić information content (AvgIpc) is 2.73. The predicted molar refractivity (Wildman–Crippen MR) is 103 cm³/mol. The van der Waals surface area contributed by atoms with Gasteiger partial charge < -0.3 is 0 Å². The molecule has 0 unspecified atom stereocenters. The Hall–Kier alpha value is -3.29. The minimum atomic E-state index is -2.82. The Bertz CT molecular complexity index is 1260. The van der Waals surface area contributed by atoms with E-state index in [9.17, 15) is 26.4 Å². The summed E-state index contributed by atoms with van der Waals surface area (Å²) < 4.78 is 66.3. The van der Waals surface area contributed by atoms with Crippen LogP contribution in [0.25, 0.3) is 10.9 Å². The Balaban J connectivity index is 1.98. The molecule has 30 heavy (non-hydrogen) atoms. The first-order valence-electron chi connectivity index (χ1n) is 8.70. The first-order valence-corrected chi connectivity index (χ1v) is 9.88. The molecule has 0 aliphatic heterocycles. The summed E-state index contributed by atoms with van der Waals surface area (Å²) >= 11 is 0. The lowest BCUT2D eigenvalue weighted by Gasteiger charge is -2.11. The standard InChI is InChI=1S/C20H14F3N3O3S/c21-15-8-12(2-1-5-26-30(28)29)18(22)17(19(15)23)20(27)13-3-4-16-14(7-13)6-11(9-24)10-25-16/h3-4,6-8,10,30H,1-2,5H2,(H,26,28,29). The normalized spacial score (nSPS) is 11.0. The van der Waals surface area contributed by atoms with E-state index >= 15 is 0 Å². The molecule has 0 saturated carbocycles. The summed E-state index contributed by atoms with van der Waals surface area (Å²) in [5.74, 6) is -5.25. The summed E-state index contributed by atoms with van der Waals surface area (Å²) in [4.78, 5) is 16.8. The predicted octanol–water partition coefficient (Wildman–Crippen LogP) is 2.80. The lowest BCUT2D eigenvalue weighted by atomic mass is 9.96. The van der Waals surface area contributed by atoms with Crippen molar-refractivity contribution in [1.29, 1.82) is 5.26 Å². The van der Waals surface area contributed by atoms with Crippen LogP contribution in [0.15, 0.2) is 36.5 Å². The molecule has 6 nitrogen and oxygen atoms in total. The molecule has 3 aromatic rings. The summed E-state index contributed by atoms with van der Waals surface area (Å²) in [6.07, 6.45) is 1.37. The van der Waals surface area contributed by atoms with E-state index in [1.807, 2.05) is 6.07 Å². The van der Waals surface area contributed by atoms with Crippen molar-refractivity contribution in [2.24, 2.45) is 0 Å². The van der Waals surface area contributed by atoms with Gasteiger partial charge in [0.05, 0.1) is 16.6 Å². The molecule has 0 fully saturated rings. The fourth-order valence-electron chi connectivity index (χ4n) is 2.96. The first-order chi connectivity index (χ1) is 14.3. The first kappa shape index (κ1) is 21.4. The van der Waals surface area contributed by atoms with Gasteiger partial charge in [-0.2, -0.15) is 5.26 Å². The molecule has 0 radical (unpaired) electrons. The van der Waals surface area contributed by atoms with Gasteiger partial charge in [-0.05, 0) is 48.7 Å². The second kappa shape index (κ2) is 9.02. The summed E-state index contributed by atoms with van der Waals surface area (Å²) in [6, 6.07) is 8.11. The van der Waals surface area contributed by atoms with Gasteiger partial charge in [-0.3, -0.25) is 9.78 Å². The maximum atomic E-state index is 14.8. The van der Waals surface area contributed by atoms with Gasteiger partial charge in [-0.15, -0.1) is 0 Å². The number of nitrogens with zero attached hydrogens (tertiary/aromatic N) is 2. The van der Waals surface area contributed by atoms with Crippen LogP contribution in [0.2, 0.25) is 0 Å². The molecule has 1 heterocycles. The van der Waals surface area contributed by atoms with Gasteiger partial charge in [0.1, 0.15) is 11.9 Å². The van der Waals surface area contributed by atoms with E-state index in [4.69, 9.17) is 5.26 Å². The highest BCUT2D eigenvalue weighted by molar-refractivity contribution is 7.70. The molecule has 0 saturated heterocycles. The van der Waals surface area contributed by atoms with Gasteiger partial charge in [0.2, 0.25) is 10.9 Å². The molecular formula is C20H14F3N3O3S. The third kappa shape index (κ3) is 4.48. The quantitative estimate of drug-likeness (QED) is 0.258. The highest BCUT2D eigenvalue weighted by Gasteiger charge is 2.25. The lowest BCUT2D eigenvalue weighted by Crippen LogP contribution is -2.15. The van der Waals surface area contributed by atoms with Crippen LogP contribution in [0.1, 0.15) is 33.5 Å². The van der Waals surface area contributed by atoms with E-state index < -0.39 is 39.7 Å². The molecule has 0 atom stereocenters. The fourth-order valence-corrected chi connectivity index (χ4v) is 3.31. The van der Waals surface area contributed by atoms with Gasteiger partial charge >= 0.3 is 0 Å². The summed E-state index contributed by atoms with van der Waals surface area (Å²) in [5.41, 5.74) is -0.661. The third-order valence-corrected chi connectivity index (χ3v) is 4.88. The molecule has 0 aliphatic carbocycles. The lowest BCUT2D eigenvalue weighted by molar-refractivity contribution is 0.102. The Morgan fingerprint density at radius 1 is 1.13 bits per heavy atom. The van der Waals surface area contributed by atoms with Crippen molar-refractivity contribution in [2.75, 3.05) is 6.54 Å². The van der Waals surface area contributed by atoms with Crippen LogP contribution < -0.4 is 4.72 Å². The molecule has 0 amide bonds. The Morgan fingerprint density at radius 2 is 1.90 bits per heavy atom. The van der Waals surface area contributed by atoms with E-state index in [1.54, 1.807) is 0 Å². The molecule has 1 aromatic heterocycles. The molecule has 1 N–H and O–H groups in total. The number of nitriles is 1.